The highest BCUT2D eigenvalue weighted by Crippen LogP contribution is 2.32. The number of benzene rings is 1. The van der Waals surface area contributed by atoms with E-state index in [-0.39, 0.29) is 11.3 Å². The summed E-state index contributed by atoms with van der Waals surface area (Å²) in [6.07, 6.45) is -4.38. The van der Waals surface area contributed by atoms with Crippen molar-refractivity contribution in [3.63, 3.8) is 0 Å². The second-order valence-electron chi connectivity index (χ2n) is 2.62. The summed E-state index contributed by atoms with van der Waals surface area (Å²) in [7, 11) is 0. The molecule has 0 aromatic heterocycles. The molecular formula is C8H7F4N. The normalized spacial score (nSPS) is 11.5. The number of rotatable bonds is 1. The van der Waals surface area contributed by atoms with Gasteiger partial charge in [0.1, 0.15) is 0 Å². The van der Waals surface area contributed by atoms with E-state index in [0.29, 0.717) is 0 Å². The monoisotopic (exact) mass is 193 g/mol. The van der Waals surface area contributed by atoms with Gasteiger partial charge in [0.2, 0.25) is 0 Å². The minimum Gasteiger partial charge on any atom is -0.225 e. The number of nitrogens with one attached hydrogen (secondary N) is 1. The highest BCUT2D eigenvalue weighted by Gasteiger charge is 2.32. The molecule has 0 bridgehead atoms. The van der Waals surface area contributed by atoms with Crippen molar-refractivity contribution in [1.82, 2.24) is 0 Å². The van der Waals surface area contributed by atoms with Crippen LogP contribution in [-0.2, 0) is 6.18 Å². The van der Waals surface area contributed by atoms with Gasteiger partial charge < -0.3 is 0 Å². The molecule has 1 aromatic rings. The third-order valence-electron chi connectivity index (χ3n) is 1.64. The van der Waals surface area contributed by atoms with Crippen molar-refractivity contribution < 1.29 is 17.7 Å². The number of aryl methyl sites for hydroxylation is 1. The van der Waals surface area contributed by atoms with E-state index in [1.807, 2.05) is 0 Å². The summed E-state index contributed by atoms with van der Waals surface area (Å²) in [6, 6.07) is 2.98. The predicted octanol–water partition coefficient (Wildman–Crippen LogP) is 3.31. The van der Waals surface area contributed by atoms with E-state index in [9.17, 15) is 17.7 Å². The van der Waals surface area contributed by atoms with Crippen LogP contribution in [-0.4, -0.2) is 0 Å². The molecule has 1 rings (SSSR count). The molecule has 0 spiro atoms. The van der Waals surface area contributed by atoms with Crippen LogP contribution in [0.2, 0.25) is 0 Å². The molecular weight excluding hydrogens is 186 g/mol. The van der Waals surface area contributed by atoms with Crippen molar-refractivity contribution in [2.45, 2.75) is 13.1 Å². The topological polar surface area (TPSA) is 12.0 Å². The Morgan fingerprint density at radius 3 is 2.23 bits per heavy atom. The minimum atomic E-state index is -4.38. The zero-order valence-electron chi connectivity index (χ0n) is 6.74. The van der Waals surface area contributed by atoms with Crippen LogP contribution >= 0.6 is 0 Å². The SMILES string of the molecule is Cc1cc(NF)ccc1C(F)(F)F. The molecule has 0 fully saturated rings. The van der Waals surface area contributed by atoms with E-state index < -0.39 is 11.7 Å². The number of anilines is 1. The second kappa shape index (κ2) is 3.24. The molecule has 1 N–H and O–H groups in total. The Morgan fingerprint density at radius 2 is 1.85 bits per heavy atom. The lowest BCUT2D eigenvalue weighted by atomic mass is 10.1. The van der Waals surface area contributed by atoms with Crippen molar-refractivity contribution in [1.29, 1.82) is 0 Å². The zero-order valence-corrected chi connectivity index (χ0v) is 6.74. The first kappa shape index (κ1) is 9.83. The molecule has 0 aliphatic rings. The molecule has 1 nitrogen and oxygen atoms in total. The Labute approximate surface area is 72.3 Å². The van der Waals surface area contributed by atoms with E-state index >= 15 is 0 Å². The first-order valence-corrected chi connectivity index (χ1v) is 3.49. The van der Waals surface area contributed by atoms with E-state index in [0.717, 1.165) is 18.2 Å². The smallest absolute Gasteiger partial charge is 0.225 e. The maximum absolute atomic E-state index is 12.2. The summed E-state index contributed by atoms with van der Waals surface area (Å²) >= 11 is 0. The van der Waals surface area contributed by atoms with Crippen LogP contribution < -0.4 is 5.54 Å². The van der Waals surface area contributed by atoms with Crippen LogP contribution in [0.3, 0.4) is 0 Å². The average molecular weight is 193 g/mol. The largest absolute Gasteiger partial charge is 0.416 e. The van der Waals surface area contributed by atoms with E-state index in [1.54, 1.807) is 0 Å². The number of alkyl halides is 3. The van der Waals surface area contributed by atoms with Gasteiger partial charge in [-0.3, -0.25) is 0 Å². The summed E-state index contributed by atoms with van der Waals surface area (Å²) in [6.45, 7) is 1.28. The van der Waals surface area contributed by atoms with Crippen LogP contribution in [0.4, 0.5) is 23.3 Å². The Kier molecular flexibility index (Phi) is 2.45. The highest BCUT2D eigenvalue weighted by molar-refractivity contribution is 5.47. The molecule has 0 unspecified atom stereocenters. The van der Waals surface area contributed by atoms with E-state index in [1.165, 1.54) is 12.5 Å². The van der Waals surface area contributed by atoms with E-state index in [4.69, 9.17) is 0 Å². The Hall–Kier alpha value is -1.26. The van der Waals surface area contributed by atoms with Crippen molar-refractivity contribution in [3.05, 3.63) is 29.3 Å². The van der Waals surface area contributed by atoms with Gasteiger partial charge in [-0.2, -0.15) is 13.2 Å². The number of hydrogen-bond donors (Lipinski definition) is 1. The van der Waals surface area contributed by atoms with E-state index in [2.05, 4.69) is 0 Å². The Morgan fingerprint density at radius 1 is 1.23 bits per heavy atom. The lowest BCUT2D eigenvalue weighted by molar-refractivity contribution is -0.138. The maximum Gasteiger partial charge on any atom is 0.416 e. The fraction of sp³-hybridized carbons (Fsp3) is 0.250. The van der Waals surface area contributed by atoms with Crippen LogP contribution in [0.1, 0.15) is 11.1 Å². The molecule has 5 heteroatoms. The van der Waals surface area contributed by atoms with Gasteiger partial charge in [-0.15, -0.1) is 4.48 Å². The number of halogens is 4. The molecule has 13 heavy (non-hydrogen) atoms. The molecule has 0 amide bonds. The van der Waals surface area contributed by atoms with Crippen molar-refractivity contribution in [2.75, 3.05) is 5.54 Å². The number of hydrogen-bond acceptors (Lipinski definition) is 1. The van der Waals surface area contributed by atoms with Gasteiger partial charge in [-0.1, -0.05) is 0 Å². The lowest BCUT2D eigenvalue weighted by Crippen LogP contribution is -2.07. The third kappa shape index (κ3) is 2.11. The minimum absolute atomic E-state index is 0.00449. The molecule has 72 valence electrons. The summed E-state index contributed by atoms with van der Waals surface area (Å²) in [5.41, 5.74) is 0.550. The molecule has 0 atom stereocenters. The van der Waals surface area contributed by atoms with Gasteiger partial charge in [0, 0.05) is 0 Å². The molecule has 1 aromatic carbocycles. The van der Waals surface area contributed by atoms with Gasteiger partial charge in [0.15, 0.2) is 0 Å². The van der Waals surface area contributed by atoms with Gasteiger partial charge in [-0.05, 0) is 30.7 Å². The van der Waals surface area contributed by atoms with Crippen LogP contribution in [0.5, 0.6) is 0 Å². The lowest BCUT2D eigenvalue weighted by Gasteiger charge is -2.10. The van der Waals surface area contributed by atoms with Crippen LogP contribution in [0.15, 0.2) is 18.2 Å². The maximum atomic E-state index is 12.2. The Balaban J connectivity index is 3.13. The molecule has 0 aliphatic heterocycles. The van der Waals surface area contributed by atoms with Gasteiger partial charge >= 0.3 is 6.18 Å². The van der Waals surface area contributed by atoms with Gasteiger partial charge in [0.25, 0.3) is 0 Å². The first-order valence-electron chi connectivity index (χ1n) is 3.49. The quantitative estimate of drug-likeness (QED) is 0.533. The average Bonchev–Trinajstić information content (AvgIpc) is 2.01. The molecule has 0 heterocycles. The molecule has 0 aliphatic carbocycles. The van der Waals surface area contributed by atoms with Crippen molar-refractivity contribution >= 4 is 5.69 Å². The van der Waals surface area contributed by atoms with Gasteiger partial charge in [0.05, 0.1) is 11.3 Å². The molecule has 0 radical (unpaired) electrons. The Bertz CT molecular complexity index is 306. The summed E-state index contributed by atoms with van der Waals surface area (Å²) < 4.78 is 48.3. The predicted molar refractivity (Wildman–Crippen MR) is 40.9 cm³/mol. The standard InChI is InChI=1S/C8H7F4N/c1-5-4-6(13-12)2-3-7(5)8(9,10)11/h2-4,13H,1H3. The molecule has 0 saturated heterocycles. The fourth-order valence-electron chi connectivity index (χ4n) is 1.04. The summed E-state index contributed by atoms with van der Waals surface area (Å²) in [4.78, 5) is 0. The highest BCUT2D eigenvalue weighted by atomic mass is 19.4. The van der Waals surface area contributed by atoms with Crippen molar-refractivity contribution in [3.8, 4) is 0 Å². The second-order valence-corrected chi connectivity index (χ2v) is 2.62. The first-order chi connectivity index (χ1) is 5.95. The van der Waals surface area contributed by atoms with Gasteiger partial charge in [-0.25, -0.2) is 5.54 Å². The molecule has 0 saturated carbocycles. The fourth-order valence-corrected chi connectivity index (χ4v) is 1.04. The van der Waals surface area contributed by atoms with Crippen molar-refractivity contribution in [2.24, 2.45) is 0 Å². The summed E-state index contributed by atoms with van der Waals surface area (Å²) in [5, 5.41) is 0. The summed E-state index contributed by atoms with van der Waals surface area (Å²) in [5.74, 6) is 0. The third-order valence-corrected chi connectivity index (χ3v) is 1.64. The zero-order chi connectivity index (χ0) is 10.1. The van der Waals surface area contributed by atoms with Crippen LogP contribution in [0, 0.1) is 6.92 Å². The van der Waals surface area contributed by atoms with Crippen LogP contribution in [0.25, 0.3) is 0 Å².